The minimum Gasteiger partial charge on any atom is -0.504 e. The van der Waals surface area contributed by atoms with Crippen LogP contribution in [-0.4, -0.2) is 25.3 Å². The number of nitrogens with one attached hydrogen (secondary N) is 2. The number of carbonyl (C=O) groups excluding carboxylic acids is 1. The number of rotatable bonds is 7. The summed E-state index contributed by atoms with van der Waals surface area (Å²) >= 11 is 0. The van der Waals surface area contributed by atoms with E-state index in [9.17, 15) is 18.3 Å². The van der Waals surface area contributed by atoms with E-state index in [0.29, 0.717) is 27.9 Å². The third-order valence-electron chi connectivity index (χ3n) is 5.28. The van der Waals surface area contributed by atoms with Crippen molar-refractivity contribution in [2.24, 2.45) is 10.9 Å². The van der Waals surface area contributed by atoms with E-state index in [1.54, 1.807) is 66.7 Å². The summed E-state index contributed by atoms with van der Waals surface area (Å²) in [7, 11) is -3.92. The minimum absolute atomic E-state index is 0.00891. The summed E-state index contributed by atoms with van der Waals surface area (Å²) in [6.07, 6.45) is 0. The van der Waals surface area contributed by atoms with Gasteiger partial charge in [-0.15, -0.1) is 0 Å². The number of carbonyl (C=O) groups is 1. The largest absolute Gasteiger partial charge is 0.504 e. The number of hydrogen-bond acceptors (Lipinski definition) is 6. The van der Waals surface area contributed by atoms with Crippen molar-refractivity contribution in [3.8, 4) is 28.4 Å². The van der Waals surface area contributed by atoms with Gasteiger partial charge in [-0.1, -0.05) is 42.5 Å². The van der Waals surface area contributed by atoms with Gasteiger partial charge in [0.05, 0.1) is 10.6 Å². The maximum atomic E-state index is 12.9. The molecule has 182 valence electrons. The second kappa shape index (κ2) is 9.90. The zero-order valence-electron chi connectivity index (χ0n) is 18.8. The number of para-hydroxylation sites is 2. The number of hydrogen-bond donors (Lipinski definition) is 5. The van der Waals surface area contributed by atoms with Crippen LogP contribution in [-0.2, 0) is 10.0 Å². The number of aromatic hydroxyl groups is 1. The number of nitrogen functional groups attached to an aromatic ring is 1. The SMILES string of the molecule is N=C(N)c1ccc(O)c(Oc2ccccc2NC(=O)c2ccc(-c3ccccc3S(N)(=O)=O)cc2)c1. The molecular formula is C26H22N4O5S. The van der Waals surface area contributed by atoms with Crippen molar-refractivity contribution in [2.75, 3.05) is 5.32 Å². The molecule has 36 heavy (non-hydrogen) atoms. The number of nitrogens with two attached hydrogens (primary N) is 2. The van der Waals surface area contributed by atoms with Gasteiger partial charge in [-0.25, -0.2) is 13.6 Å². The smallest absolute Gasteiger partial charge is 0.255 e. The summed E-state index contributed by atoms with van der Waals surface area (Å²) in [4.78, 5) is 12.9. The van der Waals surface area contributed by atoms with Crippen LogP contribution in [0.15, 0.2) is 95.9 Å². The van der Waals surface area contributed by atoms with Crippen molar-refractivity contribution in [2.45, 2.75) is 4.90 Å². The number of primary sulfonamides is 1. The zero-order valence-corrected chi connectivity index (χ0v) is 19.6. The Balaban J connectivity index is 1.57. The highest BCUT2D eigenvalue weighted by atomic mass is 32.2. The van der Waals surface area contributed by atoms with Crippen molar-refractivity contribution < 1.29 is 23.1 Å². The van der Waals surface area contributed by atoms with E-state index < -0.39 is 15.9 Å². The Labute approximate surface area is 207 Å². The van der Waals surface area contributed by atoms with Gasteiger partial charge < -0.3 is 20.9 Å². The van der Waals surface area contributed by atoms with Crippen molar-refractivity contribution in [3.05, 3.63) is 102 Å². The Bertz CT molecular complexity index is 1570. The lowest BCUT2D eigenvalue weighted by atomic mass is 10.0. The van der Waals surface area contributed by atoms with Gasteiger partial charge in [-0.2, -0.15) is 0 Å². The molecule has 0 atom stereocenters. The Kier molecular flexibility index (Phi) is 6.73. The van der Waals surface area contributed by atoms with Gasteiger partial charge >= 0.3 is 0 Å². The standard InChI is InChI=1S/C26H22N4O5S/c27-25(28)18-13-14-21(31)23(15-18)35-22-7-3-2-6-20(22)30-26(32)17-11-9-16(10-12-17)19-5-1-4-8-24(19)36(29,33)34/h1-15,31H,(H3,27,28)(H,30,32)(H2,29,33,34). The maximum absolute atomic E-state index is 12.9. The van der Waals surface area contributed by atoms with E-state index in [4.69, 9.17) is 21.0 Å². The van der Waals surface area contributed by atoms with E-state index in [-0.39, 0.29) is 28.0 Å². The molecule has 0 aliphatic rings. The molecule has 0 saturated carbocycles. The summed E-state index contributed by atoms with van der Waals surface area (Å²) in [6, 6.07) is 23.7. The van der Waals surface area contributed by atoms with Crippen molar-refractivity contribution in [3.63, 3.8) is 0 Å². The average molecular weight is 503 g/mol. The number of benzene rings is 4. The summed E-state index contributed by atoms with van der Waals surface area (Å²) in [5.41, 5.74) is 7.57. The fraction of sp³-hybridized carbons (Fsp3) is 0. The van der Waals surface area contributed by atoms with E-state index in [0.717, 1.165) is 0 Å². The van der Waals surface area contributed by atoms with Crippen LogP contribution in [0.5, 0.6) is 17.2 Å². The fourth-order valence-corrected chi connectivity index (χ4v) is 4.25. The highest BCUT2D eigenvalue weighted by Gasteiger charge is 2.16. The molecule has 0 radical (unpaired) electrons. The predicted molar refractivity (Wildman–Crippen MR) is 137 cm³/mol. The van der Waals surface area contributed by atoms with Gasteiger partial charge in [0.25, 0.3) is 5.91 Å². The Morgan fingerprint density at radius 3 is 2.19 bits per heavy atom. The normalized spacial score (nSPS) is 11.0. The summed E-state index contributed by atoms with van der Waals surface area (Å²) in [5.74, 6) is -0.435. The first-order chi connectivity index (χ1) is 17.1. The number of ether oxygens (including phenoxy) is 1. The predicted octanol–water partition coefficient (Wildman–Crippen LogP) is 4.04. The van der Waals surface area contributed by atoms with Crippen LogP contribution < -0.4 is 20.9 Å². The van der Waals surface area contributed by atoms with Crippen LogP contribution in [0.2, 0.25) is 0 Å². The molecule has 9 nitrogen and oxygen atoms in total. The summed E-state index contributed by atoms with van der Waals surface area (Å²) in [6.45, 7) is 0. The molecule has 0 bridgehead atoms. The highest BCUT2D eigenvalue weighted by molar-refractivity contribution is 7.89. The molecule has 10 heteroatoms. The molecule has 4 rings (SSSR count). The van der Waals surface area contributed by atoms with Gasteiger partial charge in [0.1, 0.15) is 5.84 Å². The lowest BCUT2D eigenvalue weighted by Gasteiger charge is -2.14. The minimum atomic E-state index is -3.92. The quantitative estimate of drug-likeness (QED) is 0.189. The fourth-order valence-electron chi connectivity index (χ4n) is 3.49. The van der Waals surface area contributed by atoms with Gasteiger partial charge in [0.15, 0.2) is 17.2 Å². The Morgan fingerprint density at radius 2 is 1.50 bits per heavy atom. The first kappa shape index (κ1) is 24.5. The van der Waals surface area contributed by atoms with Gasteiger partial charge in [0.2, 0.25) is 10.0 Å². The van der Waals surface area contributed by atoms with Crippen molar-refractivity contribution in [1.82, 2.24) is 0 Å². The number of sulfonamides is 1. The third kappa shape index (κ3) is 5.35. The van der Waals surface area contributed by atoms with E-state index >= 15 is 0 Å². The average Bonchev–Trinajstić information content (AvgIpc) is 2.86. The Morgan fingerprint density at radius 1 is 0.861 bits per heavy atom. The molecule has 0 spiro atoms. The van der Waals surface area contributed by atoms with E-state index in [1.165, 1.54) is 24.3 Å². The Hall–Kier alpha value is -4.67. The topological polar surface area (TPSA) is 169 Å². The first-order valence-electron chi connectivity index (χ1n) is 10.6. The van der Waals surface area contributed by atoms with Crippen LogP contribution in [0.4, 0.5) is 5.69 Å². The summed E-state index contributed by atoms with van der Waals surface area (Å²) in [5, 5.41) is 25.8. The highest BCUT2D eigenvalue weighted by Crippen LogP contribution is 2.35. The van der Waals surface area contributed by atoms with Crippen LogP contribution in [0.25, 0.3) is 11.1 Å². The first-order valence-corrected chi connectivity index (χ1v) is 12.2. The molecule has 0 aromatic heterocycles. The second-order valence-corrected chi connectivity index (χ2v) is 9.30. The number of amidine groups is 1. The number of anilines is 1. The molecule has 0 unspecified atom stereocenters. The molecule has 7 N–H and O–H groups in total. The lowest BCUT2D eigenvalue weighted by Crippen LogP contribution is -2.14. The lowest BCUT2D eigenvalue weighted by molar-refractivity contribution is 0.102. The maximum Gasteiger partial charge on any atom is 0.255 e. The number of phenolic OH excluding ortho intramolecular Hbond substituents is 1. The molecule has 4 aromatic rings. The van der Waals surface area contributed by atoms with Crippen LogP contribution >= 0.6 is 0 Å². The van der Waals surface area contributed by atoms with E-state index in [2.05, 4.69) is 5.32 Å². The van der Waals surface area contributed by atoms with Crippen LogP contribution in [0.3, 0.4) is 0 Å². The molecule has 1 amide bonds. The molecule has 0 aliphatic carbocycles. The molecule has 0 aliphatic heterocycles. The number of amides is 1. The third-order valence-corrected chi connectivity index (χ3v) is 6.25. The van der Waals surface area contributed by atoms with Gasteiger partial charge in [-0.3, -0.25) is 10.2 Å². The number of phenols is 1. The van der Waals surface area contributed by atoms with Crippen molar-refractivity contribution in [1.29, 1.82) is 5.41 Å². The van der Waals surface area contributed by atoms with E-state index in [1.807, 2.05) is 0 Å². The molecular weight excluding hydrogens is 480 g/mol. The monoisotopic (exact) mass is 502 g/mol. The van der Waals surface area contributed by atoms with Gasteiger partial charge in [0, 0.05) is 16.7 Å². The van der Waals surface area contributed by atoms with Crippen LogP contribution in [0, 0.1) is 5.41 Å². The van der Waals surface area contributed by atoms with Gasteiger partial charge in [-0.05, 0) is 54.1 Å². The second-order valence-electron chi connectivity index (χ2n) is 7.77. The summed E-state index contributed by atoms with van der Waals surface area (Å²) < 4.78 is 29.6. The molecule has 0 heterocycles. The molecule has 4 aromatic carbocycles. The molecule has 0 saturated heterocycles. The van der Waals surface area contributed by atoms with Crippen molar-refractivity contribution >= 4 is 27.5 Å². The molecule has 0 fully saturated rings. The van der Waals surface area contributed by atoms with Crippen LogP contribution in [0.1, 0.15) is 15.9 Å². The zero-order chi connectivity index (χ0) is 25.9.